The average molecular weight is 247 g/mol. The summed E-state index contributed by atoms with van der Waals surface area (Å²) in [6, 6.07) is 3.59. The van der Waals surface area contributed by atoms with Crippen molar-refractivity contribution in [2.24, 2.45) is 0 Å². The van der Waals surface area contributed by atoms with Crippen molar-refractivity contribution in [3.05, 3.63) is 22.2 Å². The number of hydrogen-bond acceptors (Lipinski definition) is 3. The maximum Gasteiger partial charge on any atom is 0.183 e. The maximum absolute atomic E-state index is 6.01. The predicted molar refractivity (Wildman–Crippen MR) is 63.8 cm³/mol. The smallest absolute Gasteiger partial charge is 0.183 e. The third kappa shape index (κ3) is 1.80. The first-order valence-electron chi connectivity index (χ1n) is 4.20. The van der Waals surface area contributed by atoms with Gasteiger partial charge in [-0.1, -0.05) is 34.5 Å². The van der Waals surface area contributed by atoms with Gasteiger partial charge in [-0.15, -0.1) is 0 Å². The number of nitrogens with one attached hydrogen (secondary N) is 1. The highest BCUT2D eigenvalue weighted by atomic mass is 35.5. The lowest BCUT2D eigenvalue weighted by Gasteiger charge is -1.93. The molecule has 1 aromatic heterocycles. The van der Waals surface area contributed by atoms with Crippen LogP contribution in [0.1, 0.15) is 6.92 Å². The number of benzene rings is 1. The van der Waals surface area contributed by atoms with Crippen molar-refractivity contribution in [2.45, 2.75) is 6.92 Å². The summed E-state index contributed by atoms with van der Waals surface area (Å²) in [5, 5.41) is 5.28. The first-order chi connectivity index (χ1) is 6.70. The van der Waals surface area contributed by atoms with Gasteiger partial charge in [-0.05, 0) is 19.1 Å². The normalized spacial score (nSPS) is 10.8. The highest BCUT2D eigenvalue weighted by Crippen LogP contribution is 2.33. The zero-order valence-corrected chi connectivity index (χ0v) is 9.80. The predicted octanol–water partition coefficient (Wildman–Crippen LogP) is 4.03. The van der Waals surface area contributed by atoms with Crippen LogP contribution in [0.3, 0.4) is 0 Å². The molecule has 0 atom stereocenters. The summed E-state index contributed by atoms with van der Waals surface area (Å²) in [6.07, 6.45) is 0. The number of anilines is 1. The van der Waals surface area contributed by atoms with Crippen LogP contribution in [-0.2, 0) is 0 Å². The van der Waals surface area contributed by atoms with Crippen LogP contribution in [0.25, 0.3) is 10.2 Å². The van der Waals surface area contributed by atoms with Crippen LogP contribution in [0, 0.1) is 0 Å². The Bertz CT molecular complexity index is 467. The fourth-order valence-electron chi connectivity index (χ4n) is 1.18. The van der Waals surface area contributed by atoms with E-state index in [1.807, 2.05) is 13.0 Å². The molecule has 0 radical (unpaired) electrons. The second-order valence-corrected chi connectivity index (χ2v) is 4.66. The van der Waals surface area contributed by atoms with Crippen LogP contribution in [0.15, 0.2) is 12.1 Å². The van der Waals surface area contributed by atoms with Gasteiger partial charge in [0.25, 0.3) is 0 Å². The lowest BCUT2D eigenvalue weighted by atomic mass is 10.3. The van der Waals surface area contributed by atoms with E-state index in [0.717, 1.165) is 21.9 Å². The van der Waals surface area contributed by atoms with Crippen molar-refractivity contribution < 1.29 is 0 Å². The van der Waals surface area contributed by atoms with Gasteiger partial charge in [0.15, 0.2) is 5.13 Å². The number of rotatable bonds is 2. The molecular formula is C9H8Cl2N2S. The Morgan fingerprint density at radius 3 is 2.93 bits per heavy atom. The Morgan fingerprint density at radius 1 is 1.43 bits per heavy atom. The Labute approximate surface area is 95.9 Å². The Kier molecular flexibility index (Phi) is 2.81. The molecule has 74 valence electrons. The maximum atomic E-state index is 6.01. The molecule has 0 aliphatic carbocycles. The van der Waals surface area contributed by atoms with Crippen molar-refractivity contribution >= 4 is 49.9 Å². The molecule has 0 unspecified atom stereocenters. The first-order valence-corrected chi connectivity index (χ1v) is 5.77. The number of nitrogens with zero attached hydrogens (tertiary/aromatic N) is 1. The van der Waals surface area contributed by atoms with E-state index in [-0.39, 0.29) is 0 Å². The summed E-state index contributed by atoms with van der Waals surface area (Å²) in [5.74, 6) is 0. The van der Waals surface area contributed by atoms with Gasteiger partial charge >= 0.3 is 0 Å². The summed E-state index contributed by atoms with van der Waals surface area (Å²) >= 11 is 13.5. The van der Waals surface area contributed by atoms with Gasteiger partial charge in [0.05, 0.1) is 9.72 Å². The second-order valence-electron chi connectivity index (χ2n) is 2.78. The number of fused-ring (bicyclic) bond motifs is 1. The lowest BCUT2D eigenvalue weighted by molar-refractivity contribution is 1.20. The van der Waals surface area contributed by atoms with Gasteiger partial charge in [0, 0.05) is 11.6 Å². The summed E-state index contributed by atoms with van der Waals surface area (Å²) in [6.45, 7) is 2.88. The molecule has 14 heavy (non-hydrogen) atoms. The number of thiazole rings is 1. The Balaban J connectivity index is 2.58. The summed E-state index contributed by atoms with van der Waals surface area (Å²) < 4.78 is 1.01. The number of halogens is 2. The van der Waals surface area contributed by atoms with Crippen molar-refractivity contribution in [2.75, 3.05) is 11.9 Å². The summed E-state index contributed by atoms with van der Waals surface area (Å²) in [5.41, 5.74) is 0.817. The highest BCUT2D eigenvalue weighted by molar-refractivity contribution is 7.22. The molecule has 0 saturated heterocycles. The van der Waals surface area contributed by atoms with E-state index in [9.17, 15) is 0 Å². The van der Waals surface area contributed by atoms with E-state index >= 15 is 0 Å². The van der Waals surface area contributed by atoms with E-state index < -0.39 is 0 Å². The zero-order valence-electron chi connectivity index (χ0n) is 7.47. The molecule has 0 amide bonds. The highest BCUT2D eigenvalue weighted by Gasteiger charge is 2.07. The Hall–Kier alpha value is -0.510. The summed E-state index contributed by atoms with van der Waals surface area (Å²) in [7, 11) is 0. The molecule has 2 aromatic rings. The Morgan fingerprint density at radius 2 is 2.21 bits per heavy atom. The third-order valence-electron chi connectivity index (χ3n) is 1.74. The molecular weight excluding hydrogens is 239 g/mol. The molecule has 0 bridgehead atoms. The molecule has 0 aliphatic rings. The van der Waals surface area contributed by atoms with Gasteiger partial charge in [-0.2, -0.15) is 0 Å². The standard InChI is InChI=1S/C9H8Cl2N2S/c1-2-12-9-13-8-6(11)3-5(10)4-7(8)14-9/h3-4H,2H2,1H3,(H,12,13). The quantitative estimate of drug-likeness (QED) is 0.866. The molecule has 1 aromatic carbocycles. The largest absolute Gasteiger partial charge is 0.362 e. The minimum Gasteiger partial charge on any atom is -0.362 e. The fourth-order valence-corrected chi connectivity index (χ4v) is 2.84. The second kappa shape index (κ2) is 3.93. The van der Waals surface area contributed by atoms with Crippen molar-refractivity contribution in [1.29, 1.82) is 0 Å². The van der Waals surface area contributed by atoms with Crippen molar-refractivity contribution in [3.63, 3.8) is 0 Å². The van der Waals surface area contributed by atoms with Crippen LogP contribution in [0.4, 0.5) is 5.13 Å². The van der Waals surface area contributed by atoms with Crippen LogP contribution in [0.5, 0.6) is 0 Å². The van der Waals surface area contributed by atoms with Gasteiger partial charge in [0.2, 0.25) is 0 Å². The molecule has 5 heteroatoms. The lowest BCUT2D eigenvalue weighted by Crippen LogP contribution is -1.94. The molecule has 0 aliphatic heterocycles. The van der Waals surface area contributed by atoms with Crippen LogP contribution < -0.4 is 5.32 Å². The zero-order chi connectivity index (χ0) is 10.1. The van der Waals surface area contributed by atoms with E-state index in [1.54, 1.807) is 17.4 Å². The molecule has 0 saturated carbocycles. The molecule has 1 heterocycles. The van der Waals surface area contributed by atoms with Crippen molar-refractivity contribution in [1.82, 2.24) is 4.98 Å². The van der Waals surface area contributed by atoms with Gasteiger partial charge < -0.3 is 5.32 Å². The fraction of sp³-hybridized carbons (Fsp3) is 0.222. The summed E-state index contributed by atoms with van der Waals surface area (Å²) in [4.78, 5) is 4.36. The number of hydrogen-bond donors (Lipinski definition) is 1. The number of aromatic nitrogens is 1. The first kappa shape index (κ1) is 10.0. The van der Waals surface area contributed by atoms with E-state index in [2.05, 4.69) is 10.3 Å². The van der Waals surface area contributed by atoms with Crippen molar-refractivity contribution in [3.8, 4) is 0 Å². The van der Waals surface area contributed by atoms with E-state index in [0.29, 0.717) is 10.0 Å². The minimum absolute atomic E-state index is 0.605. The average Bonchev–Trinajstić information content (AvgIpc) is 2.48. The van der Waals surface area contributed by atoms with Gasteiger partial charge in [-0.3, -0.25) is 0 Å². The molecule has 0 spiro atoms. The minimum atomic E-state index is 0.605. The topological polar surface area (TPSA) is 24.9 Å². The molecule has 2 rings (SSSR count). The molecule has 0 fully saturated rings. The van der Waals surface area contributed by atoms with Crippen LogP contribution >= 0.6 is 34.5 Å². The monoisotopic (exact) mass is 246 g/mol. The van der Waals surface area contributed by atoms with Gasteiger partial charge in [0.1, 0.15) is 5.52 Å². The third-order valence-corrected chi connectivity index (χ3v) is 3.21. The van der Waals surface area contributed by atoms with E-state index in [1.165, 1.54) is 0 Å². The SMILES string of the molecule is CCNc1nc2c(Cl)cc(Cl)cc2s1. The molecule has 2 nitrogen and oxygen atoms in total. The molecule has 1 N–H and O–H groups in total. The van der Waals surface area contributed by atoms with Crippen LogP contribution in [-0.4, -0.2) is 11.5 Å². The van der Waals surface area contributed by atoms with Gasteiger partial charge in [-0.25, -0.2) is 4.98 Å². The van der Waals surface area contributed by atoms with E-state index in [4.69, 9.17) is 23.2 Å². The van der Waals surface area contributed by atoms with Crippen LogP contribution in [0.2, 0.25) is 10.0 Å².